The molecule has 0 aromatic heterocycles. The van der Waals surface area contributed by atoms with Crippen LogP contribution in [0.3, 0.4) is 0 Å². The van der Waals surface area contributed by atoms with E-state index in [4.69, 9.17) is 11.6 Å². The zero-order valence-electron chi connectivity index (χ0n) is 9.87. The van der Waals surface area contributed by atoms with Gasteiger partial charge in [-0.3, -0.25) is 0 Å². The number of carbonyl (C=O) groups is 1. The number of ketones is 1. The predicted octanol–water partition coefficient (Wildman–Crippen LogP) is 2.33. The van der Waals surface area contributed by atoms with Gasteiger partial charge in [-0.25, -0.2) is 0 Å². The standard InChI is InChI=1S/C13H14ClNOSe/c1-3-10(16)8-13-15(4-2)11-7-9(14)5-6-12(11)17-13/h5-8H,3-4H2,1-2H3. The summed E-state index contributed by atoms with van der Waals surface area (Å²) in [6, 6.07) is 5.97. The molecular formula is C13H14ClNOSe. The first-order valence-corrected chi connectivity index (χ1v) is 7.74. The van der Waals surface area contributed by atoms with Gasteiger partial charge in [0.15, 0.2) is 0 Å². The molecule has 0 unspecified atom stereocenters. The van der Waals surface area contributed by atoms with E-state index in [2.05, 4.69) is 17.9 Å². The summed E-state index contributed by atoms with van der Waals surface area (Å²) >= 11 is 6.24. The summed E-state index contributed by atoms with van der Waals surface area (Å²) in [6.45, 7) is 4.86. The average molecular weight is 315 g/mol. The fraction of sp³-hybridized carbons (Fsp3) is 0.308. The van der Waals surface area contributed by atoms with Crippen LogP contribution >= 0.6 is 11.6 Å². The third-order valence-corrected chi connectivity index (χ3v) is 5.21. The van der Waals surface area contributed by atoms with Crippen LogP contribution in [0.1, 0.15) is 20.3 Å². The Hall–Kier alpha value is -0.761. The Morgan fingerprint density at radius 2 is 2.24 bits per heavy atom. The Kier molecular flexibility index (Phi) is 3.93. The fourth-order valence-electron chi connectivity index (χ4n) is 1.75. The summed E-state index contributed by atoms with van der Waals surface area (Å²) in [5.74, 6) is 0.194. The number of hydrogen-bond acceptors (Lipinski definition) is 2. The Balaban J connectivity index is 2.38. The molecule has 0 radical (unpaired) electrons. The van der Waals surface area contributed by atoms with E-state index in [1.54, 1.807) is 6.08 Å². The van der Waals surface area contributed by atoms with E-state index < -0.39 is 0 Å². The molecule has 0 spiro atoms. The first kappa shape index (κ1) is 12.7. The van der Waals surface area contributed by atoms with Gasteiger partial charge in [-0.15, -0.1) is 0 Å². The first-order valence-electron chi connectivity index (χ1n) is 5.65. The van der Waals surface area contributed by atoms with Crippen LogP contribution in [0.15, 0.2) is 28.9 Å². The zero-order chi connectivity index (χ0) is 12.4. The second-order valence-corrected chi connectivity index (χ2v) is 6.43. The summed E-state index contributed by atoms with van der Waals surface area (Å²) < 4.78 is 2.45. The molecule has 1 aromatic rings. The molecule has 1 heterocycles. The number of carbonyl (C=O) groups excluding carboxylic acids is 1. The van der Waals surface area contributed by atoms with Crippen molar-refractivity contribution in [3.05, 3.63) is 33.9 Å². The van der Waals surface area contributed by atoms with Gasteiger partial charge in [0.2, 0.25) is 0 Å². The van der Waals surface area contributed by atoms with Crippen molar-refractivity contribution in [1.29, 1.82) is 0 Å². The normalized spacial score (nSPS) is 16.4. The van der Waals surface area contributed by atoms with Gasteiger partial charge in [0.25, 0.3) is 0 Å². The monoisotopic (exact) mass is 315 g/mol. The summed E-state index contributed by atoms with van der Waals surface area (Å²) in [6.07, 6.45) is 2.35. The van der Waals surface area contributed by atoms with Crippen molar-refractivity contribution in [3.8, 4) is 0 Å². The number of hydrogen-bond donors (Lipinski definition) is 0. The van der Waals surface area contributed by atoms with Gasteiger partial charge in [0.05, 0.1) is 0 Å². The molecule has 17 heavy (non-hydrogen) atoms. The number of allylic oxidation sites excluding steroid dienone is 1. The van der Waals surface area contributed by atoms with Crippen molar-refractivity contribution in [2.45, 2.75) is 20.3 Å². The molecule has 2 rings (SSSR count). The maximum absolute atomic E-state index is 11.5. The van der Waals surface area contributed by atoms with Crippen LogP contribution in [-0.4, -0.2) is 27.3 Å². The SMILES string of the molecule is CCC(=O)C=C1[Se]c2ccc(Cl)cc2N1CC. The van der Waals surface area contributed by atoms with Crippen molar-refractivity contribution in [2.75, 3.05) is 11.4 Å². The molecule has 4 heteroatoms. The number of anilines is 1. The molecule has 0 saturated carbocycles. The van der Waals surface area contributed by atoms with E-state index in [1.165, 1.54) is 4.46 Å². The van der Waals surface area contributed by atoms with E-state index in [1.807, 2.05) is 19.1 Å². The van der Waals surface area contributed by atoms with E-state index in [0.717, 1.165) is 21.9 Å². The van der Waals surface area contributed by atoms with Crippen molar-refractivity contribution in [3.63, 3.8) is 0 Å². The fourth-order valence-corrected chi connectivity index (χ4v) is 4.35. The van der Waals surface area contributed by atoms with Gasteiger partial charge in [0.1, 0.15) is 0 Å². The number of halogens is 1. The maximum atomic E-state index is 11.5. The molecule has 0 amide bonds. The van der Waals surface area contributed by atoms with E-state index in [-0.39, 0.29) is 20.7 Å². The van der Waals surface area contributed by atoms with E-state index >= 15 is 0 Å². The third-order valence-electron chi connectivity index (χ3n) is 2.64. The van der Waals surface area contributed by atoms with Gasteiger partial charge in [-0.1, -0.05) is 0 Å². The second kappa shape index (κ2) is 5.26. The molecule has 0 atom stereocenters. The number of nitrogens with zero attached hydrogens (tertiary/aromatic N) is 1. The van der Waals surface area contributed by atoms with Crippen LogP contribution in [0.25, 0.3) is 0 Å². The molecule has 0 N–H and O–H groups in total. The molecule has 1 aromatic carbocycles. The van der Waals surface area contributed by atoms with Crippen LogP contribution in [0.5, 0.6) is 0 Å². The molecule has 2 nitrogen and oxygen atoms in total. The first-order chi connectivity index (χ1) is 8.15. The Morgan fingerprint density at radius 3 is 2.88 bits per heavy atom. The topological polar surface area (TPSA) is 20.3 Å². The second-order valence-electron chi connectivity index (χ2n) is 3.76. The van der Waals surface area contributed by atoms with Gasteiger partial charge >= 0.3 is 113 Å². The zero-order valence-corrected chi connectivity index (χ0v) is 12.3. The molecule has 0 saturated heterocycles. The average Bonchev–Trinajstić information content (AvgIpc) is 2.65. The van der Waals surface area contributed by atoms with Crippen LogP contribution in [0, 0.1) is 0 Å². The van der Waals surface area contributed by atoms with Crippen molar-refractivity contribution >= 4 is 42.5 Å². The molecule has 0 fully saturated rings. The Morgan fingerprint density at radius 1 is 1.47 bits per heavy atom. The summed E-state index contributed by atoms with van der Waals surface area (Å²) in [5, 5.41) is 0.751. The molecule has 90 valence electrons. The van der Waals surface area contributed by atoms with E-state index in [9.17, 15) is 4.79 Å². The van der Waals surface area contributed by atoms with Crippen molar-refractivity contribution in [1.82, 2.24) is 0 Å². The predicted molar refractivity (Wildman–Crippen MR) is 73.2 cm³/mol. The van der Waals surface area contributed by atoms with Gasteiger partial charge in [0, 0.05) is 0 Å². The van der Waals surface area contributed by atoms with Gasteiger partial charge in [-0.05, 0) is 0 Å². The number of rotatable bonds is 3. The Bertz CT molecular complexity index is 484. The van der Waals surface area contributed by atoms with Crippen LogP contribution in [-0.2, 0) is 4.79 Å². The summed E-state index contributed by atoms with van der Waals surface area (Å²) in [7, 11) is 0. The minimum absolute atomic E-state index is 0.194. The summed E-state index contributed by atoms with van der Waals surface area (Å²) in [5.41, 5.74) is 1.16. The number of fused-ring (bicyclic) bond motifs is 1. The van der Waals surface area contributed by atoms with E-state index in [0.29, 0.717) is 6.42 Å². The molecular weight excluding hydrogens is 301 g/mol. The molecule has 0 bridgehead atoms. The van der Waals surface area contributed by atoms with Gasteiger partial charge < -0.3 is 0 Å². The van der Waals surface area contributed by atoms with Crippen LogP contribution in [0.4, 0.5) is 5.69 Å². The molecule has 0 aliphatic carbocycles. The van der Waals surface area contributed by atoms with Crippen molar-refractivity contribution < 1.29 is 4.79 Å². The third kappa shape index (κ3) is 2.57. The summed E-state index contributed by atoms with van der Waals surface area (Å²) in [4.78, 5) is 13.7. The molecule has 1 aliphatic rings. The van der Waals surface area contributed by atoms with Crippen LogP contribution in [0.2, 0.25) is 5.02 Å². The quantitative estimate of drug-likeness (QED) is 0.630. The van der Waals surface area contributed by atoms with Crippen molar-refractivity contribution in [2.24, 2.45) is 0 Å². The Labute approximate surface area is 113 Å². The van der Waals surface area contributed by atoms with Gasteiger partial charge in [-0.2, -0.15) is 0 Å². The number of benzene rings is 1. The van der Waals surface area contributed by atoms with Crippen LogP contribution < -0.4 is 9.36 Å². The minimum atomic E-state index is 0.194. The molecule has 1 aliphatic heterocycles.